The van der Waals surface area contributed by atoms with Crippen LogP contribution >= 0.6 is 9.24 Å². The lowest BCUT2D eigenvalue weighted by Crippen LogP contribution is -1.84. The highest BCUT2D eigenvalue weighted by molar-refractivity contribution is 7.21. The summed E-state index contributed by atoms with van der Waals surface area (Å²) in [6.07, 6.45) is 1.88. The summed E-state index contributed by atoms with van der Waals surface area (Å²) >= 11 is 0. The molecule has 0 aliphatic carbocycles. The van der Waals surface area contributed by atoms with Crippen molar-refractivity contribution in [1.29, 1.82) is 0 Å². The molecule has 28 valence electrons. The first-order valence-electron chi connectivity index (χ1n) is 1.65. The van der Waals surface area contributed by atoms with Gasteiger partial charge in [-0.3, -0.25) is 0 Å². The van der Waals surface area contributed by atoms with Gasteiger partial charge in [-0.1, -0.05) is 6.08 Å². The third-order valence-corrected chi connectivity index (χ3v) is 0.644. The van der Waals surface area contributed by atoms with Crippen LogP contribution in [0.5, 0.6) is 0 Å². The Morgan fingerprint density at radius 2 is 2.20 bits per heavy atom. The van der Waals surface area contributed by atoms with Crippen molar-refractivity contribution in [3.05, 3.63) is 12.7 Å². The third-order valence-electron chi connectivity index (χ3n) is 0.372. The van der Waals surface area contributed by atoms with E-state index in [4.69, 9.17) is 0 Å². The van der Waals surface area contributed by atoms with Crippen LogP contribution in [0.1, 0.15) is 0 Å². The molecule has 0 rings (SSSR count). The minimum absolute atomic E-state index is 0.565. The van der Waals surface area contributed by atoms with Crippen LogP contribution in [-0.4, -0.2) is 13.4 Å². The lowest BCUT2D eigenvalue weighted by atomic mass is 10.1. The average Bonchev–Trinajstić information content (AvgIpc) is 1.38. The van der Waals surface area contributed by atoms with Crippen LogP contribution in [0.4, 0.5) is 0 Å². The Hall–Kier alpha value is 0.235. The Morgan fingerprint density at radius 3 is 2.20 bits per heavy atom. The van der Waals surface area contributed by atoms with E-state index in [1.54, 1.807) is 0 Å². The highest BCUT2D eigenvalue weighted by Gasteiger charge is 1.75. The first-order chi connectivity index (χ1) is 2.27. The van der Waals surface area contributed by atoms with Gasteiger partial charge in [-0.05, 0) is 5.56 Å². The molecule has 0 aromatic heterocycles. The van der Waals surface area contributed by atoms with Crippen molar-refractivity contribution in [2.75, 3.05) is 0 Å². The zero-order chi connectivity index (χ0) is 4.28. The highest BCUT2D eigenvalue weighted by Crippen LogP contribution is 1.89. The summed E-state index contributed by atoms with van der Waals surface area (Å²) in [7, 11) is 4.68. The fourth-order valence-corrected chi connectivity index (χ4v) is 0. The summed E-state index contributed by atoms with van der Waals surface area (Å²) < 4.78 is 0. The van der Waals surface area contributed by atoms with E-state index < -0.39 is 0 Å². The zero-order valence-electron chi connectivity index (χ0n) is 3.44. The van der Waals surface area contributed by atoms with E-state index >= 15 is 0 Å². The monoisotopic (exact) mass is 86.0 g/mol. The minimum Gasteiger partial charge on any atom is -0.139 e. The standard InChI is InChI=1S/C3H8BP/c1-2-3(4)5/h2-3H,1,4-5H2/t3-/m0/s1. The highest BCUT2D eigenvalue weighted by atomic mass is 31.0. The summed E-state index contributed by atoms with van der Waals surface area (Å²) in [5.41, 5.74) is 0.565. The lowest BCUT2D eigenvalue weighted by molar-refractivity contribution is 1.66. The predicted octanol–water partition coefficient (Wildman–Crippen LogP) is 0.00670. The number of rotatable bonds is 1. The summed E-state index contributed by atoms with van der Waals surface area (Å²) in [6, 6.07) is 0. The molecule has 1 unspecified atom stereocenters. The van der Waals surface area contributed by atoms with Crippen LogP contribution in [0.3, 0.4) is 0 Å². The van der Waals surface area contributed by atoms with Crippen LogP contribution in [0.25, 0.3) is 0 Å². The van der Waals surface area contributed by atoms with Gasteiger partial charge in [0.2, 0.25) is 0 Å². The Labute approximate surface area is 36.3 Å². The smallest absolute Gasteiger partial charge is 0.115 e. The Morgan fingerprint density at radius 1 is 2.00 bits per heavy atom. The largest absolute Gasteiger partial charge is 0.139 e. The van der Waals surface area contributed by atoms with Gasteiger partial charge in [0.05, 0.1) is 0 Å². The SMILES string of the molecule is B[C@@H](P)C=C. The van der Waals surface area contributed by atoms with Gasteiger partial charge in [-0.2, -0.15) is 0 Å². The van der Waals surface area contributed by atoms with Crippen molar-refractivity contribution in [3.63, 3.8) is 0 Å². The van der Waals surface area contributed by atoms with E-state index in [-0.39, 0.29) is 0 Å². The van der Waals surface area contributed by atoms with Crippen LogP contribution in [-0.2, 0) is 0 Å². The topological polar surface area (TPSA) is 0 Å². The van der Waals surface area contributed by atoms with Crippen molar-refractivity contribution in [2.24, 2.45) is 0 Å². The second kappa shape index (κ2) is 2.47. The van der Waals surface area contributed by atoms with E-state index in [2.05, 4.69) is 23.7 Å². The Kier molecular flexibility index (Phi) is 2.59. The molecule has 0 heterocycles. The molecule has 2 heteroatoms. The maximum absolute atomic E-state index is 3.54. The molecule has 2 atom stereocenters. The normalized spacial score (nSPS) is 13.8. The molecule has 0 saturated carbocycles. The molecule has 0 N–H and O–H groups in total. The van der Waals surface area contributed by atoms with E-state index in [1.165, 1.54) is 0 Å². The molecule has 0 nitrogen and oxygen atoms in total. The molecule has 0 aromatic rings. The van der Waals surface area contributed by atoms with Crippen molar-refractivity contribution in [2.45, 2.75) is 5.56 Å². The first-order valence-corrected chi connectivity index (χ1v) is 2.32. The Balaban J connectivity index is 2.83. The third kappa shape index (κ3) is 4.23. The number of allylic oxidation sites excluding steroid dienone is 1. The van der Waals surface area contributed by atoms with Crippen molar-refractivity contribution >= 4 is 17.1 Å². The van der Waals surface area contributed by atoms with Gasteiger partial charge in [0.25, 0.3) is 0 Å². The van der Waals surface area contributed by atoms with Gasteiger partial charge in [-0.25, -0.2) is 0 Å². The second-order valence-corrected chi connectivity index (χ2v) is 2.15. The molecule has 0 amide bonds. The number of hydrogen-bond donors (Lipinski definition) is 0. The molecule has 0 fully saturated rings. The van der Waals surface area contributed by atoms with Crippen LogP contribution in [0.15, 0.2) is 12.7 Å². The van der Waals surface area contributed by atoms with E-state index in [0.717, 1.165) is 0 Å². The maximum atomic E-state index is 3.54. The molecule has 0 spiro atoms. The molecule has 0 bridgehead atoms. The zero-order valence-corrected chi connectivity index (χ0v) is 4.59. The van der Waals surface area contributed by atoms with Crippen molar-refractivity contribution in [1.82, 2.24) is 0 Å². The van der Waals surface area contributed by atoms with Gasteiger partial charge in [-0.15, -0.1) is 15.8 Å². The van der Waals surface area contributed by atoms with E-state index in [9.17, 15) is 0 Å². The van der Waals surface area contributed by atoms with E-state index in [0.29, 0.717) is 5.56 Å². The van der Waals surface area contributed by atoms with Gasteiger partial charge in [0, 0.05) is 0 Å². The van der Waals surface area contributed by atoms with Gasteiger partial charge in [0.1, 0.15) is 7.85 Å². The van der Waals surface area contributed by atoms with Crippen LogP contribution in [0, 0.1) is 0 Å². The van der Waals surface area contributed by atoms with Gasteiger partial charge in [0.15, 0.2) is 0 Å². The first kappa shape index (κ1) is 5.23. The van der Waals surface area contributed by atoms with Crippen LogP contribution in [0.2, 0.25) is 0 Å². The molecule has 0 aromatic carbocycles. The fourth-order valence-electron chi connectivity index (χ4n) is 0. The molecule has 0 aliphatic rings. The fraction of sp³-hybridized carbons (Fsp3) is 0.333. The predicted molar refractivity (Wildman–Crippen MR) is 32.2 cm³/mol. The van der Waals surface area contributed by atoms with Gasteiger partial charge >= 0.3 is 0 Å². The molecule has 0 radical (unpaired) electrons. The van der Waals surface area contributed by atoms with Crippen molar-refractivity contribution in [3.8, 4) is 0 Å². The maximum Gasteiger partial charge on any atom is 0.115 e. The number of hydrogen-bond acceptors (Lipinski definition) is 0. The van der Waals surface area contributed by atoms with Crippen molar-refractivity contribution < 1.29 is 0 Å². The molecule has 5 heavy (non-hydrogen) atoms. The Bertz CT molecular complexity index is 33.9. The molecule has 0 aliphatic heterocycles. The average molecular weight is 85.9 g/mol. The molecular formula is C3H8BP. The molecular weight excluding hydrogens is 77.8 g/mol. The summed E-state index contributed by atoms with van der Waals surface area (Å²) in [5, 5.41) is 0. The van der Waals surface area contributed by atoms with Gasteiger partial charge < -0.3 is 0 Å². The van der Waals surface area contributed by atoms with E-state index in [1.807, 2.05) is 6.08 Å². The molecule has 0 saturated heterocycles. The lowest BCUT2D eigenvalue weighted by Gasteiger charge is -1.83. The quantitative estimate of drug-likeness (QED) is 0.239. The summed E-state index contributed by atoms with van der Waals surface area (Å²) in [4.78, 5) is 0. The summed E-state index contributed by atoms with van der Waals surface area (Å²) in [5.74, 6) is 0. The van der Waals surface area contributed by atoms with Crippen LogP contribution < -0.4 is 0 Å². The minimum atomic E-state index is 0.565. The second-order valence-electron chi connectivity index (χ2n) is 1.09. The summed E-state index contributed by atoms with van der Waals surface area (Å²) in [6.45, 7) is 3.54.